The average Bonchev–Trinajstić information content (AvgIpc) is 2.92. The van der Waals surface area contributed by atoms with Gasteiger partial charge in [0.2, 0.25) is 5.91 Å². The number of hydrogen-bond donors (Lipinski definition) is 1. The summed E-state index contributed by atoms with van der Waals surface area (Å²) in [6.45, 7) is 10.9. The summed E-state index contributed by atoms with van der Waals surface area (Å²) in [6, 6.07) is 8.44. The molecule has 2 aromatic heterocycles. The van der Waals surface area contributed by atoms with Crippen molar-refractivity contribution in [2.75, 3.05) is 0 Å². The summed E-state index contributed by atoms with van der Waals surface area (Å²) in [6.07, 6.45) is 0.787. The number of amides is 1. The smallest absolute Gasteiger partial charge is 0.262 e. The van der Waals surface area contributed by atoms with Crippen molar-refractivity contribution in [2.45, 2.75) is 59.4 Å². The lowest BCUT2D eigenvalue weighted by atomic mass is 9.86. The normalized spacial score (nSPS) is 11.9. The Morgan fingerprint density at radius 2 is 1.82 bits per heavy atom. The number of rotatable bonds is 5. The predicted molar refractivity (Wildman–Crippen MR) is 116 cm³/mol. The van der Waals surface area contributed by atoms with Crippen LogP contribution >= 0.6 is 11.3 Å². The maximum absolute atomic E-state index is 13.3. The second-order valence-corrected chi connectivity index (χ2v) is 9.43. The van der Waals surface area contributed by atoms with Gasteiger partial charge in [-0.2, -0.15) is 0 Å². The molecule has 2 heterocycles. The fourth-order valence-electron chi connectivity index (χ4n) is 3.46. The summed E-state index contributed by atoms with van der Waals surface area (Å²) in [5, 5.41) is 0.663. The second-order valence-electron chi connectivity index (χ2n) is 8.23. The van der Waals surface area contributed by atoms with E-state index in [1.165, 1.54) is 5.56 Å². The monoisotopic (exact) mass is 397 g/mol. The van der Waals surface area contributed by atoms with Gasteiger partial charge >= 0.3 is 0 Å². The molecule has 0 radical (unpaired) electrons. The van der Waals surface area contributed by atoms with Crippen LogP contribution in [-0.4, -0.2) is 15.5 Å². The van der Waals surface area contributed by atoms with Crippen molar-refractivity contribution < 1.29 is 4.79 Å². The number of carbonyl (C=O) groups excluding carboxylic acids is 1. The number of fused-ring (bicyclic) bond motifs is 1. The third-order valence-corrected chi connectivity index (χ3v) is 6.02. The Morgan fingerprint density at radius 3 is 2.39 bits per heavy atom. The molecule has 0 atom stereocenters. The Morgan fingerprint density at radius 1 is 1.18 bits per heavy atom. The molecule has 0 unspecified atom stereocenters. The maximum Gasteiger partial charge on any atom is 0.262 e. The van der Waals surface area contributed by atoms with Gasteiger partial charge in [0.25, 0.3) is 5.56 Å². The van der Waals surface area contributed by atoms with Gasteiger partial charge in [-0.05, 0) is 36.8 Å². The second kappa shape index (κ2) is 7.51. The van der Waals surface area contributed by atoms with Crippen molar-refractivity contribution in [1.29, 1.82) is 0 Å². The summed E-state index contributed by atoms with van der Waals surface area (Å²) in [5.41, 5.74) is 8.51. The molecule has 6 heteroatoms. The van der Waals surface area contributed by atoms with Gasteiger partial charge in [0.1, 0.15) is 10.7 Å². The van der Waals surface area contributed by atoms with Crippen LogP contribution in [0.4, 0.5) is 0 Å². The summed E-state index contributed by atoms with van der Waals surface area (Å²) < 4.78 is 1.66. The lowest BCUT2D eigenvalue weighted by Crippen LogP contribution is -2.24. The predicted octanol–water partition coefficient (Wildman–Crippen LogP) is 4.30. The van der Waals surface area contributed by atoms with E-state index < -0.39 is 0 Å². The fourth-order valence-corrected chi connectivity index (χ4v) is 4.54. The van der Waals surface area contributed by atoms with Gasteiger partial charge in [-0.1, -0.05) is 45.0 Å². The largest absolute Gasteiger partial charge is 0.370 e. The Kier molecular flexibility index (Phi) is 5.44. The SMILES string of the molecule is Cc1sc2nc(C)n(CCCC(N)=O)c(=O)c2c1-c1ccc(C(C)(C)C)cc1. The molecule has 5 nitrogen and oxygen atoms in total. The number of benzene rings is 1. The molecule has 3 aromatic rings. The van der Waals surface area contributed by atoms with Crippen LogP contribution < -0.4 is 11.3 Å². The molecule has 0 saturated heterocycles. The van der Waals surface area contributed by atoms with E-state index in [0.29, 0.717) is 24.2 Å². The van der Waals surface area contributed by atoms with Gasteiger partial charge in [-0.3, -0.25) is 14.2 Å². The van der Waals surface area contributed by atoms with Crippen molar-refractivity contribution in [3.8, 4) is 11.1 Å². The van der Waals surface area contributed by atoms with E-state index in [1.807, 2.05) is 13.8 Å². The van der Waals surface area contributed by atoms with Crippen molar-refractivity contribution in [3.63, 3.8) is 0 Å². The molecule has 28 heavy (non-hydrogen) atoms. The van der Waals surface area contributed by atoms with E-state index in [2.05, 4.69) is 50.0 Å². The lowest BCUT2D eigenvalue weighted by Gasteiger charge is -2.19. The Hall–Kier alpha value is -2.47. The average molecular weight is 398 g/mol. The minimum Gasteiger partial charge on any atom is -0.370 e. The topological polar surface area (TPSA) is 78.0 Å². The van der Waals surface area contributed by atoms with Crippen LogP contribution in [-0.2, 0) is 16.8 Å². The number of thiophene rings is 1. The third-order valence-electron chi connectivity index (χ3n) is 5.02. The Labute approximate surface area is 169 Å². The first-order chi connectivity index (χ1) is 13.1. The van der Waals surface area contributed by atoms with E-state index in [1.54, 1.807) is 15.9 Å². The number of primary amides is 1. The molecule has 0 bridgehead atoms. The summed E-state index contributed by atoms with van der Waals surface area (Å²) in [4.78, 5) is 30.8. The first-order valence-electron chi connectivity index (χ1n) is 9.49. The summed E-state index contributed by atoms with van der Waals surface area (Å²) in [7, 11) is 0. The molecule has 1 amide bonds. The molecule has 0 aliphatic heterocycles. The molecule has 0 fully saturated rings. The molecule has 0 saturated carbocycles. The number of carbonyl (C=O) groups is 1. The van der Waals surface area contributed by atoms with Gasteiger partial charge in [0.15, 0.2) is 0 Å². The van der Waals surface area contributed by atoms with Crippen molar-refractivity contribution in [3.05, 3.63) is 50.9 Å². The first-order valence-corrected chi connectivity index (χ1v) is 10.3. The minimum atomic E-state index is -0.356. The lowest BCUT2D eigenvalue weighted by molar-refractivity contribution is -0.118. The fraction of sp³-hybridized carbons (Fsp3) is 0.409. The molecule has 3 rings (SSSR count). The van der Waals surface area contributed by atoms with E-state index >= 15 is 0 Å². The van der Waals surface area contributed by atoms with E-state index in [0.717, 1.165) is 20.8 Å². The van der Waals surface area contributed by atoms with Crippen molar-refractivity contribution >= 4 is 27.5 Å². The Bertz CT molecular complexity index is 1090. The molecule has 0 aliphatic rings. The van der Waals surface area contributed by atoms with E-state index in [4.69, 9.17) is 5.73 Å². The van der Waals surface area contributed by atoms with Gasteiger partial charge < -0.3 is 5.73 Å². The van der Waals surface area contributed by atoms with Crippen LogP contribution in [0.25, 0.3) is 21.3 Å². The van der Waals surface area contributed by atoms with Crippen LogP contribution in [0.5, 0.6) is 0 Å². The van der Waals surface area contributed by atoms with E-state index in [-0.39, 0.29) is 23.3 Å². The quantitative estimate of drug-likeness (QED) is 0.697. The molecule has 1 aromatic carbocycles. The first kappa shape index (κ1) is 20.3. The number of hydrogen-bond acceptors (Lipinski definition) is 4. The highest BCUT2D eigenvalue weighted by Crippen LogP contribution is 2.36. The number of aromatic nitrogens is 2. The van der Waals surface area contributed by atoms with Crippen LogP contribution in [0.1, 0.15) is 49.9 Å². The molecular weight excluding hydrogens is 370 g/mol. The third kappa shape index (κ3) is 3.87. The van der Waals surface area contributed by atoms with Gasteiger partial charge in [-0.15, -0.1) is 11.3 Å². The minimum absolute atomic E-state index is 0.0498. The van der Waals surface area contributed by atoms with Crippen molar-refractivity contribution in [1.82, 2.24) is 9.55 Å². The number of nitrogens with two attached hydrogens (primary N) is 1. The van der Waals surface area contributed by atoms with E-state index in [9.17, 15) is 9.59 Å². The molecular formula is C22H27N3O2S. The summed E-state index contributed by atoms with van der Waals surface area (Å²) in [5.74, 6) is 0.309. The maximum atomic E-state index is 13.3. The van der Waals surface area contributed by atoms with Crippen LogP contribution in [0.15, 0.2) is 29.1 Å². The summed E-state index contributed by atoms with van der Waals surface area (Å²) >= 11 is 1.55. The highest BCUT2D eigenvalue weighted by atomic mass is 32.1. The highest BCUT2D eigenvalue weighted by Gasteiger charge is 2.19. The highest BCUT2D eigenvalue weighted by molar-refractivity contribution is 7.19. The number of nitrogens with zero attached hydrogens (tertiary/aromatic N) is 2. The van der Waals surface area contributed by atoms with Crippen LogP contribution in [0.2, 0.25) is 0 Å². The van der Waals surface area contributed by atoms with Gasteiger partial charge in [0, 0.05) is 23.4 Å². The molecule has 148 valence electrons. The standard InChI is InChI=1S/C22H27N3O2S/c1-13-18(15-8-10-16(11-9-15)22(3,4)5)19-20(28-13)24-14(2)25(21(19)27)12-6-7-17(23)26/h8-11H,6-7,12H2,1-5H3,(H2,23,26). The van der Waals surface area contributed by atoms with Crippen LogP contribution in [0.3, 0.4) is 0 Å². The zero-order valence-corrected chi connectivity index (χ0v) is 17.9. The Balaban J connectivity index is 2.12. The van der Waals surface area contributed by atoms with Crippen LogP contribution in [0, 0.1) is 13.8 Å². The molecule has 2 N–H and O–H groups in total. The molecule has 0 spiro atoms. The van der Waals surface area contributed by atoms with Gasteiger partial charge in [-0.25, -0.2) is 4.98 Å². The van der Waals surface area contributed by atoms with Crippen molar-refractivity contribution in [2.24, 2.45) is 5.73 Å². The zero-order valence-electron chi connectivity index (χ0n) is 17.1. The van der Waals surface area contributed by atoms with Gasteiger partial charge in [0.05, 0.1) is 5.39 Å². The number of aryl methyl sites for hydroxylation is 2. The molecule has 0 aliphatic carbocycles. The zero-order chi connectivity index (χ0) is 20.6.